The number of hydrogen-bond acceptors (Lipinski definition) is 12. The van der Waals surface area contributed by atoms with Crippen LogP contribution in [0, 0.1) is 20.8 Å². The second-order valence-electron chi connectivity index (χ2n) is 27.1. The lowest BCUT2D eigenvalue weighted by atomic mass is 9.83. The molecule has 0 atom stereocenters. The lowest BCUT2D eigenvalue weighted by Gasteiger charge is -2.25. The maximum atomic E-state index is 14.1. The zero-order valence-corrected chi connectivity index (χ0v) is 53.7. The van der Waals surface area contributed by atoms with E-state index in [0.717, 1.165) is 96.8 Å². The monoisotopic (exact) mass is 1320 g/mol. The van der Waals surface area contributed by atoms with Gasteiger partial charge in [0.15, 0.2) is 34.7 Å². The zero-order valence-electron chi connectivity index (χ0n) is 53.7. The molecule has 498 valence electrons. The summed E-state index contributed by atoms with van der Waals surface area (Å²) in [5.74, 6) is -4.70. The third-order valence-electron chi connectivity index (χ3n) is 21.1. The van der Waals surface area contributed by atoms with Gasteiger partial charge in [-0.3, -0.25) is 28.8 Å². The van der Waals surface area contributed by atoms with Crippen LogP contribution in [0.4, 0.5) is 52.6 Å². The van der Waals surface area contributed by atoms with Crippen LogP contribution in [0.2, 0.25) is 0 Å². The number of anilines is 3. The largest absolute Gasteiger partial charge is 0.433 e. The smallest absolute Gasteiger partial charge is 0.351 e. The Hall–Kier alpha value is -8.81. The zero-order chi connectivity index (χ0) is 67.9. The number of pyridine rings is 3. The number of carbonyl (C=O) groups is 6. The van der Waals surface area contributed by atoms with Gasteiger partial charge in [0.1, 0.15) is 28.8 Å². The Labute approximate surface area is 551 Å². The van der Waals surface area contributed by atoms with Crippen LogP contribution in [0.5, 0.6) is 0 Å². The molecule has 3 aromatic carbocycles. The van der Waals surface area contributed by atoms with E-state index in [4.69, 9.17) is 4.98 Å². The van der Waals surface area contributed by atoms with Crippen molar-refractivity contribution in [2.24, 2.45) is 0 Å². The SMILES string of the molecule is CC(F)(F)c1cccc2c1C(=O)C(C(=O)Cc1ccc(N3C4CCC3CC4)nc1C(F)(F)F)=CC2.Cc1cccc2c1C(=O)C(C(=O)Cc1ccc(N3C4CCC3CC4)nc1C(F)(F)F)=CC2.Cc1cccc2c1C(=O)C(C(=O)Cc1ccc(N3C4CCC3CC4)nc1C)=CC2. The number of aromatic nitrogens is 3. The molecule has 0 amide bonds. The molecular formula is C76H72F8N6O6. The van der Waals surface area contributed by atoms with Crippen molar-refractivity contribution in [2.75, 3.05) is 14.7 Å². The number of fused-ring (bicyclic) bond motifs is 9. The number of rotatable bonds is 13. The summed E-state index contributed by atoms with van der Waals surface area (Å²) in [4.78, 5) is 97.0. The maximum Gasteiger partial charge on any atom is 0.433 e. The Morgan fingerprint density at radius 1 is 0.406 bits per heavy atom. The van der Waals surface area contributed by atoms with Crippen LogP contribution in [0.25, 0.3) is 0 Å². The molecule has 3 aromatic heterocycles. The van der Waals surface area contributed by atoms with Gasteiger partial charge in [0.05, 0.1) is 16.7 Å². The highest BCUT2D eigenvalue weighted by Crippen LogP contribution is 2.46. The molecule has 15 rings (SSSR count). The van der Waals surface area contributed by atoms with Crippen molar-refractivity contribution in [2.45, 2.75) is 198 Å². The van der Waals surface area contributed by atoms with E-state index in [1.807, 2.05) is 60.0 Å². The quantitative estimate of drug-likeness (QED) is 0.0799. The molecule has 0 saturated carbocycles. The van der Waals surface area contributed by atoms with Gasteiger partial charge in [0, 0.05) is 90.4 Å². The van der Waals surface area contributed by atoms with Crippen molar-refractivity contribution in [1.82, 2.24) is 15.0 Å². The van der Waals surface area contributed by atoms with Crippen molar-refractivity contribution in [3.8, 4) is 0 Å². The first kappa shape index (κ1) is 65.8. The molecule has 6 bridgehead atoms. The van der Waals surface area contributed by atoms with Crippen LogP contribution in [0.1, 0.15) is 182 Å². The minimum Gasteiger partial charge on any atom is -0.351 e. The van der Waals surface area contributed by atoms with Crippen LogP contribution in [-0.2, 0) is 71.2 Å². The normalized spacial score (nSPS) is 22.2. The van der Waals surface area contributed by atoms with Crippen molar-refractivity contribution in [1.29, 1.82) is 0 Å². The Bertz CT molecular complexity index is 4250. The van der Waals surface area contributed by atoms with E-state index in [-0.39, 0.29) is 82.2 Å². The first-order valence-corrected chi connectivity index (χ1v) is 33.2. The average Bonchev–Trinajstić information content (AvgIpc) is 1.27. The third kappa shape index (κ3) is 12.6. The molecule has 96 heavy (non-hydrogen) atoms. The lowest BCUT2D eigenvalue weighted by molar-refractivity contribution is -0.142. The fourth-order valence-corrected chi connectivity index (χ4v) is 16.5. The minimum absolute atomic E-state index is 0.0402. The molecule has 20 heteroatoms. The highest BCUT2D eigenvalue weighted by atomic mass is 19.4. The number of carbonyl (C=O) groups excluding carboxylic acids is 6. The summed E-state index contributed by atoms with van der Waals surface area (Å²) in [5.41, 5.74) is 3.32. The van der Waals surface area contributed by atoms with Crippen molar-refractivity contribution >= 4 is 52.2 Å². The number of hydrogen-bond donors (Lipinski definition) is 0. The Balaban J connectivity index is 0.000000131. The molecule has 9 heterocycles. The van der Waals surface area contributed by atoms with E-state index in [2.05, 4.69) is 20.9 Å². The Kier molecular flexibility index (Phi) is 17.6. The summed E-state index contributed by atoms with van der Waals surface area (Å²) < 4.78 is 112. The number of alkyl halides is 8. The van der Waals surface area contributed by atoms with Gasteiger partial charge < -0.3 is 14.7 Å². The molecule has 6 saturated heterocycles. The number of allylic oxidation sites excluding steroid dienone is 6. The van der Waals surface area contributed by atoms with Gasteiger partial charge in [0.2, 0.25) is 0 Å². The number of Topliss-reactive ketones (excluding diaryl/α,β-unsaturated/α-hetero) is 6. The van der Waals surface area contributed by atoms with E-state index in [1.165, 1.54) is 68.2 Å². The summed E-state index contributed by atoms with van der Waals surface area (Å²) in [6.45, 7) is 6.36. The fourth-order valence-electron chi connectivity index (χ4n) is 16.5. The summed E-state index contributed by atoms with van der Waals surface area (Å²) >= 11 is 0. The first-order valence-electron chi connectivity index (χ1n) is 33.2. The van der Waals surface area contributed by atoms with E-state index in [9.17, 15) is 63.9 Å². The van der Waals surface area contributed by atoms with Crippen LogP contribution in [0.3, 0.4) is 0 Å². The Morgan fingerprint density at radius 2 is 0.708 bits per heavy atom. The number of benzene rings is 3. The second kappa shape index (κ2) is 25.6. The summed E-state index contributed by atoms with van der Waals surface area (Å²) in [6, 6.07) is 27.3. The predicted molar refractivity (Wildman–Crippen MR) is 346 cm³/mol. The molecule has 0 unspecified atom stereocenters. The minimum atomic E-state index is -4.79. The lowest BCUT2D eigenvalue weighted by Crippen LogP contribution is -2.30. The molecule has 0 radical (unpaired) electrons. The maximum absolute atomic E-state index is 14.1. The van der Waals surface area contributed by atoms with Crippen LogP contribution in [0.15, 0.2) is 126 Å². The van der Waals surface area contributed by atoms with Gasteiger partial charge in [0.25, 0.3) is 5.92 Å². The standard InChI is InChI=1S/C26H23F5N2O2.C25H23F3N2O2.C25H26N2O2/c1-25(27,28)19-4-2-3-14-5-11-18(23(35)22(14)19)20(34)13-15-6-12-21(32-24(15)26(29,30)31)33-16-7-8-17(33)10-9-16;1-14-3-2-4-15-5-11-19(23(32)22(14)15)20(31)13-16-6-12-21(29-24(16)25(26,27)28)30-17-7-8-18(30)10-9-17;1-15-4-3-5-17-6-12-21(25(29)24(15)17)22(28)14-18-7-13-23(26-16(18)2)27-19-8-9-20(27)11-10-19/h2-4,6,11-12,16-17H,5,7-10,13H2,1H3;2-4,6,11-12,17-18H,5,7-10,13H2,1H3;3-5,7,12-13,19-20H,6,8-11,14H2,1-2H3. The van der Waals surface area contributed by atoms with Crippen LogP contribution >= 0.6 is 0 Å². The second-order valence-corrected chi connectivity index (χ2v) is 27.1. The first-order chi connectivity index (χ1) is 45.7. The molecule has 9 aliphatic rings. The fraction of sp³-hybridized carbons (Fsp3) is 0.408. The number of halogens is 8. The molecule has 12 nitrogen and oxygen atoms in total. The van der Waals surface area contributed by atoms with Crippen molar-refractivity contribution in [3.05, 3.63) is 210 Å². The van der Waals surface area contributed by atoms with E-state index >= 15 is 0 Å². The Morgan fingerprint density at radius 3 is 1.04 bits per heavy atom. The molecular weight excluding hydrogens is 1240 g/mol. The van der Waals surface area contributed by atoms with Gasteiger partial charge in [-0.2, -0.15) is 26.3 Å². The molecule has 6 aliphatic heterocycles. The molecule has 0 spiro atoms. The van der Waals surface area contributed by atoms with Gasteiger partial charge in [-0.25, -0.2) is 23.7 Å². The average molecular weight is 1320 g/mol. The summed E-state index contributed by atoms with van der Waals surface area (Å²) in [7, 11) is 0. The topological polar surface area (TPSA) is 151 Å². The number of ketones is 6. The van der Waals surface area contributed by atoms with Gasteiger partial charge in [-0.15, -0.1) is 0 Å². The number of nitrogens with zero attached hydrogens (tertiary/aromatic N) is 6. The van der Waals surface area contributed by atoms with E-state index in [0.29, 0.717) is 59.9 Å². The molecule has 0 N–H and O–H groups in total. The van der Waals surface area contributed by atoms with Crippen LogP contribution < -0.4 is 14.7 Å². The summed E-state index contributed by atoms with van der Waals surface area (Å²) in [5, 5.41) is 0. The van der Waals surface area contributed by atoms with E-state index in [1.54, 1.807) is 25.1 Å². The predicted octanol–water partition coefficient (Wildman–Crippen LogP) is 15.1. The molecule has 6 aromatic rings. The van der Waals surface area contributed by atoms with Crippen LogP contribution in [-0.4, -0.2) is 85.9 Å². The summed E-state index contributed by atoms with van der Waals surface area (Å²) in [6.07, 6.45) is 7.95. The third-order valence-corrected chi connectivity index (χ3v) is 21.1. The van der Waals surface area contributed by atoms with Crippen molar-refractivity contribution in [3.63, 3.8) is 0 Å². The highest BCUT2D eigenvalue weighted by Gasteiger charge is 2.46. The van der Waals surface area contributed by atoms with Gasteiger partial charge in [-0.05, 0) is 180 Å². The number of aryl methyl sites for hydroxylation is 3. The van der Waals surface area contributed by atoms with E-state index < -0.39 is 71.2 Å². The van der Waals surface area contributed by atoms with Gasteiger partial charge in [-0.1, -0.05) is 91.0 Å². The molecule has 6 fully saturated rings. The highest BCUT2D eigenvalue weighted by molar-refractivity contribution is 6.30. The van der Waals surface area contributed by atoms with Crippen molar-refractivity contribution < 1.29 is 63.9 Å². The van der Waals surface area contributed by atoms with Gasteiger partial charge >= 0.3 is 12.4 Å². The molecule has 3 aliphatic carbocycles.